The Bertz CT molecular complexity index is 496. The quantitative estimate of drug-likeness (QED) is 0.834. The van der Waals surface area contributed by atoms with Crippen LogP contribution in [0, 0.1) is 12.3 Å². The van der Waals surface area contributed by atoms with Gasteiger partial charge in [0.2, 0.25) is 0 Å². The van der Waals surface area contributed by atoms with Crippen LogP contribution in [-0.4, -0.2) is 19.3 Å². The molecule has 1 heterocycles. The van der Waals surface area contributed by atoms with E-state index in [9.17, 15) is 0 Å². The molecule has 0 fully saturated rings. The molecule has 1 aliphatic heterocycles. The van der Waals surface area contributed by atoms with Gasteiger partial charge in [0.05, 0.1) is 23.7 Å². The Morgan fingerprint density at radius 1 is 1.40 bits per heavy atom. The first kappa shape index (κ1) is 15.2. The molecule has 0 radical (unpaired) electrons. The Morgan fingerprint density at radius 3 is 2.95 bits per heavy atom. The fourth-order valence-corrected chi connectivity index (χ4v) is 2.76. The van der Waals surface area contributed by atoms with E-state index in [-0.39, 0.29) is 6.04 Å². The molecule has 2 rings (SSSR count). The van der Waals surface area contributed by atoms with Crippen molar-refractivity contribution in [2.24, 2.45) is 0 Å². The van der Waals surface area contributed by atoms with E-state index in [2.05, 4.69) is 40.2 Å². The molecule has 20 heavy (non-hydrogen) atoms. The molecule has 0 saturated carbocycles. The van der Waals surface area contributed by atoms with Crippen LogP contribution in [0.3, 0.4) is 0 Å². The fourth-order valence-electron chi connectivity index (χ4n) is 2.16. The Morgan fingerprint density at radius 2 is 2.20 bits per heavy atom. The highest BCUT2D eigenvalue weighted by molar-refractivity contribution is 9.10. The summed E-state index contributed by atoms with van der Waals surface area (Å²) in [6.45, 7) is 4.25. The van der Waals surface area contributed by atoms with Crippen LogP contribution in [0.15, 0.2) is 16.6 Å². The van der Waals surface area contributed by atoms with Crippen molar-refractivity contribution in [1.29, 1.82) is 0 Å². The molecule has 108 valence electrons. The van der Waals surface area contributed by atoms with Gasteiger partial charge in [-0.3, -0.25) is 5.32 Å². The highest BCUT2D eigenvalue weighted by Crippen LogP contribution is 2.38. The van der Waals surface area contributed by atoms with Crippen LogP contribution in [0.1, 0.15) is 31.7 Å². The summed E-state index contributed by atoms with van der Waals surface area (Å²) in [4.78, 5) is 0. The van der Waals surface area contributed by atoms with Gasteiger partial charge >= 0.3 is 0 Å². The lowest BCUT2D eigenvalue weighted by Crippen LogP contribution is -2.26. The van der Waals surface area contributed by atoms with Gasteiger partial charge < -0.3 is 9.47 Å². The molecule has 1 aromatic carbocycles. The Hall–Kier alpha value is -1.18. The average Bonchev–Trinajstić information content (AvgIpc) is 2.69. The van der Waals surface area contributed by atoms with E-state index in [0.29, 0.717) is 13.2 Å². The molecule has 1 atom stereocenters. The summed E-state index contributed by atoms with van der Waals surface area (Å²) in [5.41, 5.74) is 1.14. The molecule has 0 spiro atoms. The first-order valence-corrected chi connectivity index (χ1v) is 7.81. The van der Waals surface area contributed by atoms with Crippen molar-refractivity contribution in [3.63, 3.8) is 0 Å². The van der Waals surface area contributed by atoms with E-state index >= 15 is 0 Å². The number of benzene rings is 1. The first-order chi connectivity index (χ1) is 9.74. The van der Waals surface area contributed by atoms with Crippen molar-refractivity contribution < 1.29 is 9.47 Å². The molecule has 4 heteroatoms. The summed E-state index contributed by atoms with van der Waals surface area (Å²) < 4.78 is 12.4. The van der Waals surface area contributed by atoms with Gasteiger partial charge in [-0.25, -0.2) is 0 Å². The number of halogens is 1. The molecule has 0 saturated heterocycles. The van der Waals surface area contributed by atoms with Gasteiger partial charge in [0.25, 0.3) is 0 Å². The molecular formula is C16H20BrNO2. The molecule has 0 amide bonds. The lowest BCUT2D eigenvalue weighted by Gasteiger charge is -2.15. The predicted octanol–water partition coefficient (Wildman–Crippen LogP) is 3.50. The monoisotopic (exact) mass is 337 g/mol. The molecule has 1 N–H and O–H groups in total. The minimum absolute atomic E-state index is 0.120. The number of nitrogens with one attached hydrogen (secondary N) is 1. The lowest BCUT2D eigenvalue weighted by molar-refractivity contribution is 0.296. The zero-order chi connectivity index (χ0) is 14.4. The second-order valence-electron chi connectivity index (χ2n) is 4.84. The summed E-state index contributed by atoms with van der Waals surface area (Å²) in [7, 11) is 0. The van der Waals surface area contributed by atoms with Crippen LogP contribution in [0.5, 0.6) is 11.5 Å². The van der Waals surface area contributed by atoms with Crippen molar-refractivity contribution >= 4 is 15.9 Å². The molecule has 0 aromatic heterocycles. The van der Waals surface area contributed by atoms with E-state index in [1.165, 1.54) is 0 Å². The zero-order valence-corrected chi connectivity index (χ0v) is 13.3. The average molecular weight is 338 g/mol. The molecule has 0 aliphatic carbocycles. The van der Waals surface area contributed by atoms with Crippen LogP contribution in [0.4, 0.5) is 0 Å². The molecule has 0 bridgehead atoms. The normalized spacial score (nSPS) is 15.2. The number of terminal acetylenes is 1. The number of hydrogen-bond acceptors (Lipinski definition) is 3. The molecule has 1 aromatic rings. The van der Waals surface area contributed by atoms with Crippen LogP contribution in [0.2, 0.25) is 0 Å². The highest BCUT2D eigenvalue weighted by atomic mass is 79.9. The summed E-state index contributed by atoms with van der Waals surface area (Å²) in [5, 5.41) is 3.38. The second kappa shape index (κ2) is 7.56. The van der Waals surface area contributed by atoms with Gasteiger partial charge in [-0.05, 0) is 40.0 Å². The van der Waals surface area contributed by atoms with Gasteiger partial charge in [0, 0.05) is 13.0 Å². The van der Waals surface area contributed by atoms with Crippen LogP contribution in [0.25, 0.3) is 0 Å². The first-order valence-electron chi connectivity index (χ1n) is 7.02. The van der Waals surface area contributed by atoms with Gasteiger partial charge in [0.15, 0.2) is 11.5 Å². The number of fused-ring (bicyclic) bond motifs is 1. The third-order valence-electron chi connectivity index (χ3n) is 3.19. The Kier molecular flexibility index (Phi) is 5.75. The minimum atomic E-state index is 0.120. The standard InChI is InChI=1S/C16H20BrNO2/c1-3-6-13(4-2)18-11-12-9-14(17)16-15(10-12)19-7-5-8-20-16/h2,9-10,13,18H,3,5-8,11H2,1H3. The highest BCUT2D eigenvalue weighted by Gasteiger charge is 2.15. The summed E-state index contributed by atoms with van der Waals surface area (Å²) in [5.74, 6) is 4.39. The molecule has 1 unspecified atom stereocenters. The minimum Gasteiger partial charge on any atom is -0.490 e. The number of rotatable bonds is 5. The summed E-state index contributed by atoms with van der Waals surface area (Å²) >= 11 is 3.55. The van der Waals surface area contributed by atoms with Gasteiger partial charge in [0.1, 0.15) is 0 Å². The van der Waals surface area contributed by atoms with Crippen molar-refractivity contribution in [2.45, 2.75) is 38.8 Å². The smallest absolute Gasteiger partial charge is 0.175 e. The zero-order valence-electron chi connectivity index (χ0n) is 11.7. The largest absolute Gasteiger partial charge is 0.490 e. The summed E-state index contributed by atoms with van der Waals surface area (Å²) in [6.07, 6.45) is 8.49. The Balaban J connectivity index is 2.08. The fraction of sp³-hybridized carbons (Fsp3) is 0.500. The van der Waals surface area contributed by atoms with Crippen LogP contribution >= 0.6 is 15.9 Å². The van der Waals surface area contributed by atoms with Gasteiger partial charge in [-0.2, -0.15) is 0 Å². The molecule has 1 aliphatic rings. The van der Waals surface area contributed by atoms with Crippen molar-refractivity contribution in [2.75, 3.05) is 13.2 Å². The third kappa shape index (κ3) is 3.91. The number of ether oxygens (including phenoxy) is 2. The van der Waals surface area contributed by atoms with Crippen molar-refractivity contribution in [1.82, 2.24) is 5.32 Å². The van der Waals surface area contributed by atoms with Crippen LogP contribution in [-0.2, 0) is 6.54 Å². The van der Waals surface area contributed by atoms with E-state index in [1.807, 2.05) is 6.07 Å². The van der Waals surface area contributed by atoms with E-state index < -0.39 is 0 Å². The van der Waals surface area contributed by atoms with Crippen LogP contribution < -0.4 is 14.8 Å². The van der Waals surface area contributed by atoms with Gasteiger partial charge in [-0.15, -0.1) is 6.42 Å². The number of hydrogen-bond donors (Lipinski definition) is 1. The van der Waals surface area contributed by atoms with E-state index in [4.69, 9.17) is 15.9 Å². The van der Waals surface area contributed by atoms with Crippen molar-refractivity contribution in [3.8, 4) is 23.8 Å². The summed E-state index contributed by atoms with van der Waals surface area (Å²) in [6, 6.07) is 4.20. The van der Waals surface area contributed by atoms with Crippen molar-refractivity contribution in [3.05, 3.63) is 22.2 Å². The predicted molar refractivity (Wildman–Crippen MR) is 84.1 cm³/mol. The molecular weight excluding hydrogens is 318 g/mol. The van der Waals surface area contributed by atoms with E-state index in [1.54, 1.807) is 0 Å². The second-order valence-corrected chi connectivity index (χ2v) is 5.70. The maximum Gasteiger partial charge on any atom is 0.175 e. The van der Waals surface area contributed by atoms with E-state index in [0.717, 1.165) is 47.3 Å². The molecule has 3 nitrogen and oxygen atoms in total. The lowest BCUT2D eigenvalue weighted by atomic mass is 10.1. The maximum atomic E-state index is 5.73. The third-order valence-corrected chi connectivity index (χ3v) is 3.78. The SMILES string of the molecule is C#CC(CCC)NCc1cc(Br)c2c(c1)OCCCO2. The topological polar surface area (TPSA) is 30.5 Å². The Labute approximate surface area is 129 Å². The maximum absolute atomic E-state index is 5.73. The van der Waals surface area contributed by atoms with Gasteiger partial charge in [-0.1, -0.05) is 19.3 Å².